The van der Waals surface area contributed by atoms with E-state index in [0.717, 1.165) is 31.6 Å². The summed E-state index contributed by atoms with van der Waals surface area (Å²) in [6.45, 7) is 1.65. The van der Waals surface area contributed by atoms with Crippen LogP contribution in [0.5, 0.6) is 0 Å². The maximum absolute atomic E-state index is 6.02. The van der Waals surface area contributed by atoms with Gasteiger partial charge in [0.25, 0.3) is 0 Å². The van der Waals surface area contributed by atoms with Crippen molar-refractivity contribution in [2.45, 2.75) is 24.6 Å². The first-order valence-corrected chi connectivity index (χ1v) is 6.01. The molecule has 15 heavy (non-hydrogen) atoms. The maximum Gasteiger partial charge on any atom is 0.133 e. The van der Waals surface area contributed by atoms with Gasteiger partial charge in [0.15, 0.2) is 0 Å². The summed E-state index contributed by atoms with van der Waals surface area (Å²) in [6.07, 6.45) is 3.84. The normalized spacial score (nSPS) is 18.0. The number of halogens is 2. The summed E-state index contributed by atoms with van der Waals surface area (Å²) in [4.78, 5) is 4.06. The minimum Gasteiger partial charge on any atom is -0.381 e. The molecule has 2 heterocycles. The second-order valence-corrected chi connectivity index (χ2v) is 4.32. The molecule has 1 aliphatic heterocycles. The molecular weight excluding hydrogens is 233 g/mol. The Kier molecular flexibility index (Phi) is 3.84. The number of nitrogens with zero attached hydrogens (tertiary/aromatic N) is 1. The van der Waals surface area contributed by atoms with Crippen LogP contribution in [0.25, 0.3) is 0 Å². The fourth-order valence-electron chi connectivity index (χ4n) is 2.00. The molecule has 1 aromatic heterocycles. The molecule has 0 amide bonds. The zero-order valence-electron chi connectivity index (χ0n) is 8.38. The second-order valence-electron chi connectivity index (χ2n) is 3.69. The molecule has 1 aliphatic rings. The van der Waals surface area contributed by atoms with Gasteiger partial charge in [0.1, 0.15) is 5.15 Å². The molecule has 0 saturated carbocycles. The molecule has 2 rings (SSSR count). The highest BCUT2D eigenvalue weighted by molar-refractivity contribution is 6.31. The van der Waals surface area contributed by atoms with Crippen LogP contribution in [0.15, 0.2) is 12.3 Å². The Balaban J connectivity index is 2.29. The summed E-state index contributed by atoms with van der Waals surface area (Å²) in [5, 5.41) is 0.536. The molecule has 0 N–H and O–H groups in total. The number of hydrogen-bond acceptors (Lipinski definition) is 2. The van der Waals surface area contributed by atoms with Crippen molar-refractivity contribution in [3.05, 3.63) is 28.5 Å². The molecule has 1 aromatic rings. The van der Waals surface area contributed by atoms with Crippen molar-refractivity contribution >= 4 is 23.2 Å². The van der Waals surface area contributed by atoms with Crippen LogP contribution in [-0.4, -0.2) is 18.2 Å². The summed E-state index contributed by atoms with van der Waals surface area (Å²) in [5.41, 5.74) is 2.22. The van der Waals surface area contributed by atoms with Crippen LogP contribution in [0, 0.1) is 0 Å². The molecule has 0 spiro atoms. The van der Waals surface area contributed by atoms with E-state index in [0.29, 0.717) is 17.0 Å². The lowest BCUT2D eigenvalue weighted by Crippen LogP contribution is -2.15. The average molecular weight is 246 g/mol. The highest BCUT2D eigenvalue weighted by Gasteiger charge is 2.19. The number of hydrogen-bond donors (Lipinski definition) is 0. The molecule has 4 heteroatoms. The van der Waals surface area contributed by atoms with Gasteiger partial charge in [0, 0.05) is 25.0 Å². The van der Waals surface area contributed by atoms with E-state index < -0.39 is 0 Å². The Morgan fingerprint density at radius 3 is 2.80 bits per heavy atom. The van der Waals surface area contributed by atoms with E-state index in [9.17, 15) is 0 Å². The van der Waals surface area contributed by atoms with Crippen LogP contribution in [0.2, 0.25) is 5.15 Å². The lowest BCUT2D eigenvalue weighted by Gasteiger charge is -2.24. The molecule has 2 nitrogen and oxygen atoms in total. The number of ether oxygens (including phenoxy) is 1. The van der Waals surface area contributed by atoms with Crippen LogP contribution in [0.1, 0.15) is 29.9 Å². The third-order valence-corrected chi connectivity index (χ3v) is 3.43. The van der Waals surface area contributed by atoms with Crippen molar-refractivity contribution < 1.29 is 4.74 Å². The molecule has 0 bridgehead atoms. The van der Waals surface area contributed by atoms with Crippen molar-refractivity contribution in [1.82, 2.24) is 4.98 Å². The van der Waals surface area contributed by atoms with E-state index in [1.807, 2.05) is 6.07 Å². The zero-order valence-corrected chi connectivity index (χ0v) is 9.89. The monoisotopic (exact) mass is 245 g/mol. The minimum atomic E-state index is 0.430. The maximum atomic E-state index is 6.02. The largest absolute Gasteiger partial charge is 0.381 e. The summed E-state index contributed by atoms with van der Waals surface area (Å²) in [7, 11) is 0. The van der Waals surface area contributed by atoms with E-state index in [1.165, 1.54) is 5.56 Å². The summed E-state index contributed by atoms with van der Waals surface area (Å²) >= 11 is 11.9. The van der Waals surface area contributed by atoms with Gasteiger partial charge >= 0.3 is 0 Å². The molecule has 0 unspecified atom stereocenters. The highest BCUT2D eigenvalue weighted by Crippen LogP contribution is 2.32. The van der Waals surface area contributed by atoms with Crippen molar-refractivity contribution in [1.29, 1.82) is 0 Å². The van der Waals surface area contributed by atoms with Crippen molar-refractivity contribution in [3.63, 3.8) is 0 Å². The molecule has 0 aromatic carbocycles. The predicted octanol–water partition coefficient (Wildman–Crippen LogP) is 3.37. The molecular formula is C11H13Cl2NO. The molecule has 1 fully saturated rings. The Morgan fingerprint density at radius 1 is 1.40 bits per heavy atom. The number of pyridine rings is 1. The van der Waals surface area contributed by atoms with Crippen LogP contribution in [0.3, 0.4) is 0 Å². The van der Waals surface area contributed by atoms with E-state index in [1.54, 1.807) is 6.20 Å². The van der Waals surface area contributed by atoms with Gasteiger partial charge in [-0.15, -0.1) is 11.6 Å². The Hall–Kier alpha value is -0.310. The van der Waals surface area contributed by atoms with Crippen molar-refractivity contribution in [2.24, 2.45) is 0 Å². The third kappa shape index (κ3) is 2.44. The Bertz CT molecular complexity index is 337. The van der Waals surface area contributed by atoms with E-state index >= 15 is 0 Å². The van der Waals surface area contributed by atoms with Gasteiger partial charge in [-0.25, -0.2) is 4.98 Å². The predicted molar refractivity (Wildman–Crippen MR) is 61.6 cm³/mol. The Labute approximate surface area is 99.6 Å². The fraction of sp³-hybridized carbons (Fsp3) is 0.545. The van der Waals surface area contributed by atoms with E-state index in [-0.39, 0.29) is 0 Å². The first kappa shape index (κ1) is 11.2. The lowest BCUT2D eigenvalue weighted by atomic mass is 9.90. The van der Waals surface area contributed by atoms with Crippen LogP contribution in [-0.2, 0) is 10.6 Å². The van der Waals surface area contributed by atoms with Crippen LogP contribution >= 0.6 is 23.2 Å². The van der Waals surface area contributed by atoms with Gasteiger partial charge < -0.3 is 4.74 Å². The first-order valence-electron chi connectivity index (χ1n) is 5.10. The minimum absolute atomic E-state index is 0.430. The van der Waals surface area contributed by atoms with Gasteiger partial charge in [-0.1, -0.05) is 11.6 Å². The lowest BCUT2D eigenvalue weighted by molar-refractivity contribution is 0.0852. The second kappa shape index (κ2) is 5.15. The Morgan fingerprint density at radius 2 is 2.13 bits per heavy atom. The van der Waals surface area contributed by atoms with Crippen LogP contribution in [0.4, 0.5) is 0 Å². The van der Waals surface area contributed by atoms with Gasteiger partial charge in [0.05, 0.1) is 5.88 Å². The summed E-state index contributed by atoms with van der Waals surface area (Å²) in [6, 6.07) is 2.03. The van der Waals surface area contributed by atoms with Crippen LogP contribution < -0.4 is 0 Å². The van der Waals surface area contributed by atoms with Gasteiger partial charge in [-0.2, -0.15) is 0 Å². The van der Waals surface area contributed by atoms with Gasteiger partial charge in [0.2, 0.25) is 0 Å². The van der Waals surface area contributed by atoms with Gasteiger partial charge in [-0.05, 0) is 30.4 Å². The summed E-state index contributed by atoms with van der Waals surface area (Å²) in [5.74, 6) is 0.951. The molecule has 82 valence electrons. The number of aromatic nitrogens is 1. The smallest absolute Gasteiger partial charge is 0.133 e. The van der Waals surface area contributed by atoms with Crippen molar-refractivity contribution in [2.75, 3.05) is 13.2 Å². The van der Waals surface area contributed by atoms with Gasteiger partial charge in [-0.3, -0.25) is 0 Å². The summed E-state index contributed by atoms with van der Waals surface area (Å²) < 4.78 is 5.34. The van der Waals surface area contributed by atoms with E-state index in [2.05, 4.69) is 4.98 Å². The number of rotatable bonds is 2. The quantitative estimate of drug-likeness (QED) is 0.589. The average Bonchev–Trinajstić information content (AvgIpc) is 2.30. The number of alkyl halides is 1. The fourth-order valence-corrected chi connectivity index (χ4v) is 2.59. The van der Waals surface area contributed by atoms with Crippen molar-refractivity contribution in [3.8, 4) is 0 Å². The SMILES string of the molecule is ClCc1c(C2CCOCC2)ccnc1Cl. The zero-order chi connectivity index (χ0) is 10.7. The van der Waals surface area contributed by atoms with E-state index in [4.69, 9.17) is 27.9 Å². The highest BCUT2D eigenvalue weighted by atomic mass is 35.5. The molecule has 0 radical (unpaired) electrons. The first-order chi connectivity index (χ1) is 7.33. The third-order valence-electron chi connectivity index (χ3n) is 2.83. The standard InChI is InChI=1S/C11H13Cl2NO/c12-7-10-9(1-4-14-11(10)13)8-2-5-15-6-3-8/h1,4,8H,2-3,5-7H2. The molecule has 1 saturated heterocycles. The molecule has 0 atom stereocenters. The topological polar surface area (TPSA) is 22.1 Å². The molecule has 0 aliphatic carbocycles.